The van der Waals surface area contributed by atoms with E-state index in [0.717, 1.165) is 48.5 Å². The molecule has 0 aromatic heterocycles. The van der Waals surface area contributed by atoms with Gasteiger partial charge in [-0.2, -0.15) is 0 Å². The summed E-state index contributed by atoms with van der Waals surface area (Å²) in [6, 6.07) is 26.4. The first-order valence-electron chi connectivity index (χ1n) is 11.9. The molecule has 0 N–H and O–H groups in total. The van der Waals surface area contributed by atoms with Gasteiger partial charge >= 0.3 is 19.5 Å². The number of sulfone groups is 4. The maximum Gasteiger partial charge on any atom is 2.00 e. The van der Waals surface area contributed by atoms with Crippen LogP contribution < -0.4 is 0 Å². The topological polar surface area (TPSA) is 217 Å². The summed E-state index contributed by atoms with van der Waals surface area (Å²) in [4.78, 5) is -1.49. The molecule has 0 amide bonds. The van der Waals surface area contributed by atoms with Gasteiger partial charge in [0, 0.05) is 0 Å². The first-order valence-corrected chi connectivity index (χ1v) is 20.3. The largest absolute Gasteiger partial charge is 2.00 e. The van der Waals surface area contributed by atoms with Crippen LogP contribution in [0.4, 0.5) is 0 Å². The molecule has 0 radical (unpaired) electrons. The minimum absolute atomic E-state index is 0. The molecular formula is C26H22O12S6Zn. The summed E-state index contributed by atoms with van der Waals surface area (Å²) < 4.78 is 140. The maximum absolute atomic E-state index is 12.4. The first-order chi connectivity index (χ1) is 20.6. The van der Waals surface area contributed by atoms with E-state index in [9.17, 15) is 51.2 Å². The van der Waals surface area contributed by atoms with E-state index in [2.05, 4.69) is 0 Å². The van der Waals surface area contributed by atoms with Crippen LogP contribution in [0.15, 0.2) is 141 Å². The summed E-state index contributed by atoms with van der Waals surface area (Å²) in [5, 5.41) is 0. The van der Waals surface area contributed by atoms with Crippen LogP contribution in [0.25, 0.3) is 0 Å². The van der Waals surface area contributed by atoms with E-state index in [1.54, 1.807) is 0 Å². The molecule has 0 spiro atoms. The summed E-state index contributed by atoms with van der Waals surface area (Å²) in [6.45, 7) is 0. The normalized spacial score (nSPS) is 13.6. The third-order valence-electron chi connectivity index (χ3n) is 5.61. The molecular weight excluding hydrogens is 762 g/mol. The Hall–Kier alpha value is -2.48. The molecule has 12 nitrogen and oxygen atoms in total. The van der Waals surface area contributed by atoms with E-state index in [4.69, 9.17) is 0 Å². The van der Waals surface area contributed by atoms with Crippen LogP contribution in [0.2, 0.25) is 0 Å². The molecule has 19 heteroatoms. The minimum atomic E-state index is -4.61. The van der Waals surface area contributed by atoms with Crippen LogP contribution >= 0.6 is 0 Å². The quantitative estimate of drug-likeness (QED) is 0.167. The third-order valence-corrected chi connectivity index (χ3v) is 20.0. The van der Waals surface area contributed by atoms with Crippen molar-refractivity contribution < 1.29 is 70.7 Å². The van der Waals surface area contributed by atoms with Crippen molar-refractivity contribution in [3.05, 3.63) is 121 Å². The van der Waals surface area contributed by atoms with E-state index >= 15 is 0 Å². The molecule has 0 aliphatic rings. The zero-order valence-electron chi connectivity index (χ0n) is 22.8. The van der Waals surface area contributed by atoms with Crippen molar-refractivity contribution in [3.8, 4) is 0 Å². The van der Waals surface area contributed by atoms with E-state index < -0.39 is 69.3 Å². The standard InChI is InChI=1S/2C13H12O6S3.Zn/c2*14-20(15)13(21(16,17)11-7-3-1-4-8-11)22(18,19)12-9-5-2-6-10-12;/h2*1-10,13H,(H,14,15);/q;;+2/p-2. The fourth-order valence-corrected chi connectivity index (χ4v) is 15.3. The zero-order chi connectivity index (χ0) is 32.8. The Morgan fingerprint density at radius 1 is 0.378 bits per heavy atom. The Morgan fingerprint density at radius 2 is 0.533 bits per heavy atom. The monoisotopic (exact) mass is 782 g/mol. The zero-order valence-corrected chi connectivity index (χ0v) is 30.6. The van der Waals surface area contributed by atoms with Crippen molar-refractivity contribution in [2.24, 2.45) is 0 Å². The molecule has 4 rings (SSSR count). The number of benzene rings is 4. The van der Waals surface area contributed by atoms with E-state index in [-0.39, 0.29) is 39.1 Å². The van der Waals surface area contributed by atoms with Crippen LogP contribution in [0.5, 0.6) is 0 Å². The summed E-state index contributed by atoms with van der Waals surface area (Å²) in [5.41, 5.74) is 0. The van der Waals surface area contributed by atoms with Gasteiger partial charge in [0.1, 0.15) is 0 Å². The molecule has 45 heavy (non-hydrogen) atoms. The Bertz CT molecular complexity index is 1770. The molecule has 0 heterocycles. The van der Waals surface area contributed by atoms with Crippen LogP contribution in [0, 0.1) is 0 Å². The molecule has 2 atom stereocenters. The van der Waals surface area contributed by atoms with Crippen LogP contribution in [0.3, 0.4) is 0 Å². The van der Waals surface area contributed by atoms with Gasteiger partial charge in [0.2, 0.25) is 47.2 Å². The Balaban J connectivity index is 0.000000307. The summed E-state index contributed by atoms with van der Waals surface area (Å²) in [5.74, 6) is 0. The number of hydrogen-bond donors (Lipinski definition) is 0. The average molecular weight is 784 g/mol. The van der Waals surface area contributed by atoms with Crippen molar-refractivity contribution in [3.63, 3.8) is 0 Å². The fraction of sp³-hybridized carbons (Fsp3) is 0.0769. The predicted molar refractivity (Wildman–Crippen MR) is 160 cm³/mol. The Labute approximate surface area is 278 Å². The number of hydrogen-bond acceptors (Lipinski definition) is 12. The Morgan fingerprint density at radius 3 is 0.667 bits per heavy atom. The van der Waals surface area contributed by atoms with E-state index in [1.807, 2.05) is 0 Å². The second-order valence-electron chi connectivity index (χ2n) is 8.53. The van der Waals surface area contributed by atoms with Crippen LogP contribution in [-0.4, -0.2) is 59.0 Å². The minimum Gasteiger partial charge on any atom is -0.771 e. The van der Waals surface area contributed by atoms with E-state index in [1.165, 1.54) is 72.8 Å². The van der Waals surface area contributed by atoms with Gasteiger partial charge in [0.25, 0.3) is 0 Å². The van der Waals surface area contributed by atoms with Crippen LogP contribution in [0.1, 0.15) is 0 Å². The molecule has 2 unspecified atom stereocenters. The van der Waals surface area contributed by atoms with Gasteiger partial charge in [0.05, 0.1) is 19.6 Å². The summed E-state index contributed by atoms with van der Waals surface area (Å²) in [7, 11) is -18.4. The molecule has 0 saturated carbocycles. The van der Waals surface area contributed by atoms with Gasteiger partial charge in [-0.25, -0.2) is 33.7 Å². The van der Waals surface area contributed by atoms with Crippen molar-refractivity contribution in [1.82, 2.24) is 0 Å². The van der Waals surface area contributed by atoms with E-state index in [0.29, 0.717) is 0 Å². The van der Waals surface area contributed by atoms with Gasteiger partial charge in [-0.05, 0) is 70.7 Å². The fourth-order valence-electron chi connectivity index (χ4n) is 3.63. The molecule has 4 aromatic rings. The summed E-state index contributed by atoms with van der Waals surface area (Å²) >= 11 is -6.74. The molecule has 236 valence electrons. The van der Waals surface area contributed by atoms with Crippen molar-refractivity contribution in [2.45, 2.75) is 27.4 Å². The third kappa shape index (κ3) is 8.87. The van der Waals surface area contributed by atoms with Gasteiger partial charge < -0.3 is 9.11 Å². The molecule has 0 aliphatic carbocycles. The maximum atomic E-state index is 12.4. The van der Waals surface area contributed by atoms with Gasteiger partial charge in [-0.1, -0.05) is 72.8 Å². The van der Waals surface area contributed by atoms with Crippen molar-refractivity contribution in [1.29, 1.82) is 0 Å². The summed E-state index contributed by atoms with van der Waals surface area (Å²) in [6.07, 6.45) is 0. The first kappa shape index (κ1) is 38.7. The van der Waals surface area contributed by atoms with Crippen molar-refractivity contribution in [2.75, 3.05) is 0 Å². The molecule has 0 bridgehead atoms. The van der Waals surface area contributed by atoms with Gasteiger partial charge in [0.15, 0.2) is 0 Å². The van der Waals surface area contributed by atoms with Crippen molar-refractivity contribution >= 4 is 61.5 Å². The molecule has 0 saturated heterocycles. The molecule has 0 fully saturated rings. The second kappa shape index (κ2) is 15.9. The number of rotatable bonds is 10. The molecule has 4 aromatic carbocycles. The van der Waals surface area contributed by atoms with Gasteiger partial charge in [-0.3, -0.25) is 8.42 Å². The van der Waals surface area contributed by atoms with Crippen LogP contribution in [-0.2, 0) is 81.0 Å². The smallest absolute Gasteiger partial charge is 0.771 e. The second-order valence-corrected chi connectivity index (χ2v) is 20.4. The predicted octanol–water partition coefficient (Wildman–Crippen LogP) is 2.19. The molecule has 0 aliphatic heterocycles. The Kier molecular flexibility index (Phi) is 13.7. The average Bonchev–Trinajstić information content (AvgIpc) is 2.98. The SMILES string of the molecule is O=S([O-])C(S(=O)(=O)c1ccccc1)S(=O)(=O)c1ccccc1.O=S([O-])C(S(=O)(=O)c1ccccc1)S(=O)(=O)c1ccccc1.[Zn+2]. The van der Waals surface area contributed by atoms with Gasteiger partial charge in [-0.15, -0.1) is 0 Å².